The van der Waals surface area contributed by atoms with E-state index in [2.05, 4.69) is 44.8 Å². The number of benzene rings is 2. The third kappa shape index (κ3) is 2.85. The Morgan fingerprint density at radius 1 is 1.12 bits per heavy atom. The summed E-state index contributed by atoms with van der Waals surface area (Å²) in [6.45, 7) is 0. The maximum absolute atomic E-state index is 12.6. The van der Waals surface area contributed by atoms with Gasteiger partial charge in [0.05, 0.1) is 30.4 Å². The van der Waals surface area contributed by atoms with Crippen LogP contribution in [0.1, 0.15) is 23.2 Å². The molecule has 0 spiro atoms. The molecule has 1 aromatic heterocycles. The van der Waals surface area contributed by atoms with Crippen LogP contribution in [0.25, 0.3) is 0 Å². The van der Waals surface area contributed by atoms with Crippen molar-refractivity contribution in [2.75, 3.05) is 0 Å². The van der Waals surface area contributed by atoms with Crippen molar-refractivity contribution in [2.24, 2.45) is 11.0 Å². The van der Waals surface area contributed by atoms with E-state index in [1.165, 1.54) is 11.1 Å². The summed E-state index contributed by atoms with van der Waals surface area (Å²) in [7, 11) is 0. The smallest absolute Gasteiger partial charge is 0.244 e. The van der Waals surface area contributed by atoms with Crippen molar-refractivity contribution in [1.29, 1.82) is 0 Å². The molecule has 1 aliphatic carbocycles. The molecule has 0 saturated heterocycles. The van der Waals surface area contributed by atoms with Crippen LogP contribution in [0.3, 0.4) is 0 Å². The van der Waals surface area contributed by atoms with E-state index in [0.29, 0.717) is 0 Å². The van der Waals surface area contributed by atoms with Crippen molar-refractivity contribution < 1.29 is 4.79 Å². The molecule has 4 rings (SSSR count). The maximum Gasteiger partial charge on any atom is 0.244 e. The molecule has 0 bridgehead atoms. The number of carbonyl (C=O) groups excluding carboxylic acids is 1. The minimum absolute atomic E-state index is 0.0662. The molecule has 1 amide bonds. The van der Waals surface area contributed by atoms with E-state index >= 15 is 0 Å². The molecule has 0 aliphatic heterocycles. The zero-order valence-corrected chi connectivity index (χ0v) is 13.6. The molecule has 2 aromatic carbocycles. The predicted molar refractivity (Wildman–Crippen MR) is 96.1 cm³/mol. The lowest BCUT2D eigenvalue weighted by atomic mass is 9.85. The highest BCUT2D eigenvalue weighted by molar-refractivity contribution is 5.87. The maximum atomic E-state index is 12.6. The summed E-state index contributed by atoms with van der Waals surface area (Å²) in [5.41, 5.74) is 5.47. The van der Waals surface area contributed by atoms with Crippen molar-refractivity contribution in [1.82, 2.24) is 15.4 Å². The van der Waals surface area contributed by atoms with Gasteiger partial charge >= 0.3 is 0 Å². The number of hydrazone groups is 1. The van der Waals surface area contributed by atoms with E-state index < -0.39 is 0 Å². The number of hydrogen-bond acceptors (Lipinski definition) is 3. The molecular weight excluding hydrogens is 312 g/mol. The largest absolute Gasteiger partial charge is 0.344 e. The molecular formula is C20H18N4O. The van der Waals surface area contributed by atoms with E-state index in [-0.39, 0.29) is 17.2 Å². The molecule has 1 fully saturated rings. The quantitative estimate of drug-likeness (QED) is 0.558. The third-order valence-corrected chi connectivity index (χ3v) is 4.75. The van der Waals surface area contributed by atoms with Crippen LogP contribution in [0.5, 0.6) is 0 Å². The van der Waals surface area contributed by atoms with E-state index in [0.717, 1.165) is 12.1 Å². The van der Waals surface area contributed by atoms with Crippen molar-refractivity contribution in [3.63, 3.8) is 0 Å². The van der Waals surface area contributed by atoms with Crippen LogP contribution in [0.2, 0.25) is 0 Å². The van der Waals surface area contributed by atoms with Crippen molar-refractivity contribution >= 4 is 12.1 Å². The summed E-state index contributed by atoms with van der Waals surface area (Å²) in [4.78, 5) is 19.5. The van der Waals surface area contributed by atoms with Crippen LogP contribution in [-0.2, 0) is 10.2 Å². The molecule has 1 atom stereocenters. The van der Waals surface area contributed by atoms with Gasteiger partial charge in [0.15, 0.2) is 0 Å². The molecule has 1 unspecified atom stereocenters. The van der Waals surface area contributed by atoms with Crippen LogP contribution in [0.4, 0.5) is 0 Å². The number of nitrogens with one attached hydrogen (secondary N) is 2. The van der Waals surface area contributed by atoms with Crippen LogP contribution >= 0.6 is 0 Å². The van der Waals surface area contributed by atoms with Gasteiger partial charge in [0.2, 0.25) is 5.91 Å². The highest BCUT2D eigenvalue weighted by Crippen LogP contribution is 2.58. The Bertz CT molecular complexity index is 833. The molecule has 5 nitrogen and oxygen atoms in total. The fourth-order valence-electron chi connectivity index (χ4n) is 3.44. The Balaban J connectivity index is 1.57. The Morgan fingerprint density at radius 3 is 2.32 bits per heavy atom. The first-order valence-electron chi connectivity index (χ1n) is 8.23. The standard InChI is InChI=1S/C20H18N4O/c25-19(24-23-13-17-12-21-14-22-17)18-11-20(18,15-7-3-1-4-8-15)16-9-5-2-6-10-16/h1-10,12-14,18H,11H2,(H,21,22)(H,24,25)/b23-13+. The van der Waals surface area contributed by atoms with Gasteiger partial charge in [0.25, 0.3) is 0 Å². The van der Waals surface area contributed by atoms with E-state index in [9.17, 15) is 4.79 Å². The third-order valence-electron chi connectivity index (χ3n) is 4.75. The number of aromatic nitrogens is 2. The first-order chi connectivity index (χ1) is 12.3. The molecule has 25 heavy (non-hydrogen) atoms. The number of aromatic amines is 1. The van der Waals surface area contributed by atoms with Gasteiger partial charge in [0.1, 0.15) is 0 Å². The van der Waals surface area contributed by atoms with E-state index in [1.807, 2.05) is 36.4 Å². The van der Waals surface area contributed by atoms with Crippen molar-refractivity contribution in [3.8, 4) is 0 Å². The van der Waals surface area contributed by atoms with Gasteiger partial charge in [-0.2, -0.15) is 5.10 Å². The van der Waals surface area contributed by atoms with E-state index in [1.54, 1.807) is 18.7 Å². The number of rotatable bonds is 5. The molecule has 124 valence electrons. The van der Waals surface area contributed by atoms with Gasteiger partial charge < -0.3 is 4.98 Å². The highest BCUT2D eigenvalue weighted by atomic mass is 16.2. The first kappa shape index (κ1) is 15.3. The lowest BCUT2D eigenvalue weighted by Gasteiger charge is -2.18. The van der Waals surface area contributed by atoms with Crippen LogP contribution in [-0.4, -0.2) is 22.1 Å². The van der Waals surface area contributed by atoms with Gasteiger partial charge in [-0.25, -0.2) is 10.4 Å². The number of hydrogen-bond donors (Lipinski definition) is 2. The van der Waals surface area contributed by atoms with Crippen LogP contribution in [0.15, 0.2) is 78.3 Å². The Hall–Kier alpha value is -3.21. The molecule has 5 heteroatoms. The lowest BCUT2D eigenvalue weighted by Crippen LogP contribution is -2.25. The van der Waals surface area contributed by atoms with Gasteiger partial charge in [0, 0.05) is 5.41 Å². The fourth-order valence-corrected chi connectivity index (χ4v) is 3.44. The Kier molecular flexibility index (Phi) is 3.90. The topological polar surface area (TPSA) is 70.1 Å². The van der Waals surface area contributed by atoms with Gasteiger partial charge in [-0.3, -0.25) is 4.79 Å². The minimum atomic E-state index is -0.268. The predicted octanol–water partition coefficient (Wildman–Crippen LogP) is 2.87. The van der Waals surface area contributed by atoms with Crippen molar-refractivity contribution in [2.45, 2.75) is 11.8 Å². The zero-order valence-electron chi connectivity index (χ0n) is 13.6. The van der Waals surface area contributed by atoms with Gasteiger partial charge in [-0.1, -0.05) is 60.7 Å². The summed E-state index contributed by atoms with van der Waals surface area (Å²) in [6, 6.07) is 20.4. The summed E-state index contributed by atoms with van der Waals surface area (Å²) >= 11 is 0. The van der Waals surface area contributed by atoms with Gasteiger partial charge in [-0.15, -0.1) is 0 Å². The Labute approximate surface area is 145 Å². The first-order valence-corrected chi connectivity index (χ1v) is 8.23. The van der Waals surface area contributed by atoms with E-state index in [4.69, 9.17) is 0 Å². The number of amides is 1. The lowest BCUT2D eigenvalue weighted by molar-refractivity contribution is -0.122. The number of nitrogens with zero attached hydrogens (tertiary/aromatic N) is 2. The number of carbonyl (C=O) groups is 1. The highest BCUT2D eigenvalue weighted by Gasteiger charge is 2.60. The summed E-state index contributed by atoms with van der Waals surface area (Å²) < 4.78 is 0. The average molecular weight is 330 g/mol. The fraction of sp³-hybridized carbons (Fsp3) is 0.150. The Morgan fingerprint density at radius 2 is 1.76 bits per heavy atom. The average Bonchev–Trinajstić information content (AvgIpc) is 3.23. The zero-order chi connectivity index (χ0) is 17.1. The number of imidazole rings is 1. The normalized spacial score (nSPS) is 18.2. The molecule has 2 N–H and O–H groups in total. The number of H-pyrrole nitrogens is 1. The summed E-state index contributed by atoms with van der Waals surface area (Å²) in [5.74, 6) is -0.195. The molecule has 1 saturated carbocycles. The SMILES string of the molecule is O=C(N/N=C/c1cnc[nH]1)C1CC1(c1ccccc1)c1ccccc1. The van der Waals surface area contributed by atoms with Gasteiger partial charge in [-0.05, 0) is 17.5 Å². The minimum Gasteiger partial charge on any atom is -0.344 e. The second-order valence-electron chi connectivity index (χ2n) is 6.20. The molecule has 3 aromatic rings. The molecule has 1 aliphatic rings. The van der Waals surface area contributed by atoms with Crippen molar-refractivity contribution in [3.05, 3.63) is 90.0 Å². The molecule has 1 heterocycles. The summed E-state index contributed by atoms with van der Waals surface area (Å²) in [5, 5.41) is 4.03. The van der Waals surface area contributed by atoms with Crippen LogP contribution in [0, 0.1) is 5.92 Å². The second-order valence-corrected chi connectivity index (χ2v) is 6.20. The molecule has 0 radical (unpaired) electrons. The van der Waals surface area contributed by atoms with Crippen LogP contribution < -0.4 is 5.43 Å². The monoisotopic (exact) mass is 330 g/mol. The summed E-state index contributed by atoms with van der Waals surface area (Å²) in [6.07, 6.45) is 5.55. The second kappa shape index (κ2) is 6.36.